The van der Waals surface area contributed by atoms with Gasteiger partial charge in [0, 0.05) is 13.1 Å². The maximum absolute atomic E-state index is 10.0. The SMILES string of the molecule is CC1(O)CCCN(c2nnccc2C#N)CC1. The standard InChI is InChI=1S/C12H16N4O/c1-12(17)4-2-7-16(8-5-12)11-10(9-13)3-6-14-15-11/h3,6,17H,2,4-5,7-8H2,1H3. The Morgan fingerprint density at radius 3 is 3.06 bits per heavy atom. The highest BCUT2D eigenvalue weighted by molar-refractivity contribution is 5.52. The molecule has 0 saturated carbocycles. The van der Waals surface area contributed by atoms with Crippen molar-refractivity contribution >= 4 is 5.82 Å². The summed E-state index contributed by atoms with van der Waals surface area (Å²) < 4.78 is 0. The number of rotatable bonds is 1. The van der Waals surface area contributed by atoms with Gasteiger partial charge in [-0.1, -0.05) is 0 Å². The predicted molar refractivity (Wildman–Crippen MR) is 63.4 cm³/mol. The first-order valence-electron chi connectivity index (χ1n) is 5.81. The Morgan fingerprint density at radius 1 is 1.47 bits per heavy atom. The van der Waals surface area contributed by atoms with Gasteiger partial charge in [0.2, 0.25) is 0 Å². The minimum Gasteiger partial charge on any atom is -0.390 e. The molecule has 1 aliphatic heterocycles. The third kappa shape index (κ3) is 2.71. The number of aromatic nitrogens is 2. The summed E-state index contributed by atoms with van der Waals surface area (Å²) in [6, 6.07) is 3.80. The highest BCUT2D eigenvalue weighted by atomic mass is 16.3. The molecule has 1 aliphatic rings. The number of nitrogens with zero attached hydrogens (tertiary/aromatic N) is 4. The highest BCUT2D eigenvalue weighted by Crippen LogP contribution is 2.25. The first-order chi connectivity index (χ1) is 8.12. The van der Waals surface area contributed by atoms with E-state index in [0.717, 1.165) is 19.4 Å². The maximum Gasteiger partial charge on any atom is 0.169 e. The molecule has 0 aromatic carbocycles. The molecule has 5 nitrogen and oxygen atoms in total. The Balaban J connectivity index is 2.20. The second kappa shape index (κ2) is 4.68. The van der Waals surface area contributed by atoms with Crippen molar-refractivity contribution in [3.05, 3.63) is 17.8 Å². The van der Waals surface area contributed by atoms with Gasteiger partial charge in [-0.25, -0.2) is 0 Å². The molecule has 1 fully saturated rings. The van der Waals surface area contributed by atoms with E-state index in [-0.39, 0.29) is 0 Å². The summed E-state index contributed by atoms with van der Waals surface area (Å²) in [5.41, 5.74) is -0.0643. The van der Waals surface area contributed by atoms with E-state index in [1.807, 2.05) is 11.8 Å². The van der Waals surface area contributed by atoms with Gasteiger partial charge in [-0.2, -0.15) is 10.4 Å². The van der Waals surface area contributed by atoms with Crippen molar-refractivity contribution in [1.29, 1.82) is 5.26 Å². The molecule has 1 atom stereocenters. The van der Waals surface area contributed by atoms with Crippen molar-refractivity contribution in [1.82, 2.24) is 10.2 Å². The van der Waals surface area contributed by atoms with Gasteiger partial charge < -0.3 is 10.0 Å². The fraction of sp³-hybridized carbons (Fsp3) is 0.583. The summed E-state index contributed by atoms with van der Waals surface area (Å²) in [5.74, 6) is 0.632. The molecule has 1 aromatic heterocycles. The Kier molecular flexibility index (Phi) is 3.25. The van der Waals surface area contributed by atoms with Crippen LogP contribution in [-0.4, -0.2) is 34.0 Å². The monoisotopic (exact) mass is 232 g/mol. The van der Waals surface area contributed by atoms with Gasteiger partial charge in [0.1, 0.15) is 6.07 Å². The van der Waals surface area contributed by atoms with Crippen molar-refractivity contribution < 1.29 is 5.11 Å². The fourth-order valence-electron chi connectivity index (χ4n) is 2.12. The zero-order valence-corrected chi connectivity index (χ0v) is 9.93. The van der Waals surface area contributed by atoms with Gasteiger partial charge in [-0.15, -0.1) is 5.10 Å². The summed E-state index contributed by atoms with van der Waals surface area (Å²) >= 11 is 0. The van der Waals surface area contributed by atoms with Gasteiger partial charge in [0.25, 0.3) is 0 Å². The quantitative estimate of drug-likeness (QED) is 0.784. The summed E-state index contributed by atoms with van der Waals surface area (Å²) in [4.78, 5) is 2.03. The van der Waals surface area contributed by atoms with E-state index in [1.54, 1.807) is 6.07 Å². The third-order valence-corrected chi connectivity index (χ3v) is 3.18. The molecule has 0 bridgehead atoms. The molecule has 1 N–H and O–H groups in total. The molecular weight excluding hydrogens is 216 g/mol. The molecule has 0 aliphatic carbocycles. The first kappa shape index (κ1) is 11.8. The lowest BCUT2D eigenvalue weighted by molar-refractivity contribution is 0.0481. The Labute approximate surface area is 101 Å². The van der Waals surface area contributed by atoms with Crippen LogP contribution in [0, 0.1) is 11.3 Å². The second-order valence-electron chi connectivity index (χ2n) is 4.72. The normalized spacial score (nSPS) is 25.1. The largest absolute Gasteiger partial charge is 0.390 e. The molecule has 1 saturated heterocycles. The average molecular weight is 232 g/mol. The molecular formula is C12H16N4O. The lowest BCUT2D eigenvalue weighted by atomic mass is 9.98. The van der Waals surface area contributed by atoms with E-state index >= 15 is 0 Å². The highest BCUT2D eigenvalue weighted by Gasteiger charge is 2.26. The Morgan fingerprint density at radius 2 is 2.29 bits per heavy atom. The number of anilines is 1. The van der Waals surface area contributed by atoms with Crippen molar-refractivity contribution in [2.75, 3.05) is 18.0 Å². The first-order valence-corrected chi connectivity index (χ1v) is 5.81. The number of nitriles is 1. The van der Waals surface area contributed by atoms with E-state index in [9.17, 15) is 5.11 Å². The number of hydrogen-bond acceptors (Lipinski definition) is 5. The van der Waals surface area contributed by atoms with Crippen molar-refractivity contribution in [3.63, 3.8) is 0 Å². The molecule has 5 heteroatoms. The smallest absolute Gasteiger partial charge is 0.169 e. The number of aliphatic hydroxyl groups is 1. The van der Waals surface area contributed by atoms with Crippen molar-refractivity contribution in [2.24, 2.45) is 0 Å². The predicted octanol–water partition coefficient (Wildman–Crippen LogP) is 1.09. The van der Waals surface area contributed by atoms with Crippen LogP contribution in [0.25, 0.3) is 0 Å². The topological polar surface area (TPSA) is 73.0 Å². The second-order valence-corrected chi connectivity index (χ2v) is 4.72. The summed E-state index contributed by atoms with van der Waals surface area (Å²) in [6.45, 7) is 3.38. The summed E-state index contributed by atoms with van der Waals surface area (Å²) in [7, 11) is 0. The van der Waals surface area contributed by atoms with Gasteiger partial charge in [0.15, 0.2) is 5.82 Å². The minimum absolute atomic E-state index is 0.543. The van der Waals surface area contributed by atoms with Gasteiger partial charge in [-0.3, -0.25) is 0 Å². The van der Waals surface area contributed by atoms with Crippen LogP contribution in [0.15, 0.2) is 12.3 Å². The van der Waals surface area contributed by atoms with E-state index in [1.165, 1.54) is 6.20 Å². The van der Waals surface area contributed by atoms with E-state index in [4.69, 9.17) is 5.26 Å². The van der Waals surface area contributed by atoms with E-state index in [0.29, 0.717) is 24.3 Å². The van der Waals surface area contributed by atoms with Crippen LogP contribution in [0.2, 0.25) is 0 Å². The fourth-order valence-corrected chi connectivity index (χ4v) is 2.12. The average Bonchev–Trinajstić information content (AvgIpc) is 2.50. The lowest BCUT2D eigenvalue weighted by Gasteiger charge is -2.23. The molecule has 17 heavy (non-hydrogen) atoms. The molecule has 90 valence electrons. The van der Waals surface area contributed by atoms with Crippen LogP contribution in [0.5, 0.6) is 0 Å². The molecule has 1 aromatic rings. The zero-order valence-electron chi connectivity index (χ0n) is 9.93. The Hall–Kier alpha value is -1.67. The van der Waals surface area contributed by atoms with Gasteiger partial charge >= 0.3 is 0 Å². The van der Waals surface area contributed by atoms with Crippen LogP contribution < -0.4 is 4.90 Å². The van der Waals surface area contributed by atoms with Gasteiger partial charge in [0.05, 0.1) is 17.4 Å². The van der Waals surface area contributed by atoms with Crippen LogP contribution in [0.1, 0.15) is 31.7 Å². The minimum atomic E-state index is -0.607. The molecule has 2 heterocycles. The molecule has 2 rings (SSSR count). The van der Waals surface area contributed by atoms with Crippen LogP contribution in [0.3, 0.4) is 0 Å². The molecule has 1 unspecified atom stereocenters. The maximum atomic E-state index is 10.0. The molecule has 0 amide bonds. The van der Waals surface area contributed by atoms with Crippen LogP contribution in [-0.2, 0) is 0 Å². The lowest BCUT2D eigenvalue weighted by Crippen LogP contribution is -2.29. The van der Waals surface area contributed by atoms with Crippen LogP contribution in [0.4, 0.5) is 5.82 Å². The Bertz CT molecular complexity index is 438. The number of hydrogen-bond donors (Lipinski definition) is 1. The van der Waals surface area contributed by atoms with E-state index in [2.05, 4.69) is 16.3 Å². The van der Waals surface area contributed by atoms with Gasteiger partial charge in [-0.05, 0) is 32.3 Å². The van der Waals surface area contributed by atoms with Crippen molar-refractivity contribution in [2.45, 2.75) is 31.8 Å². The van der Waals surface area contributed by atoms with E-state index < -0.39 is 5.60 Å². The summed E-state index contributed by atoms with van der Waals surface area (Å²) in [5, 5.41) is 26.9. The molecule has 0 radical (unpaired) electrons. The van der Waals surface area contributed by atoms with Crippen LogP contribution >= 0.6 is 0 Å². The van der Waals surface area contributed by atoms with Crippen molar-refractivity contribution in [3.8, 4) is 6.07 Å². The third-order valence-electron chi connectivity index (χ3n) is 3.18. The zero-order chi connectivity index (χ0) is 12.3. The molecule has 0 spiro atoms. The summed E-state index contributed by atoms with van der Waals surface area (Å²) in [6.07, 6.45) is 3.89.